The molecule has 0 radical (unpaired) electrons. The molecule has 4 nitrogen and oxygen atoms in total. The Bertz CT molecular complexity index is 542. The second-order valence-electron chi connectivity index (χ2n) is 7.26. The van der Waals surface area contributed by atoms with Crippen molar-refractivity contribution in [3.05, 3.63) is 29.3 Å². The van der Waals surface area contributed by atoms with Crippen LogP contribution in [0.1, 0.15) is 56.6 Å². The summed E-state index contributed by atoms with van der Waals surface area (Å²) in [5, 5.41) is 8.82. The molecule has 1 N–H and O–H groups in total. The number of likely N-dealkylation sites (tertiary alicyclic amines) is 1. The summed E-state index contributed by atoms with van der Waals surface area (Å²) in [7, 11) is 0. The summed E-state index contributed by atoms with van der Waals surface area (Å²) in [6.07, 6.45) is 3.39. The van der Waals surface area contributed by atoms with Crippen LogP contribution in [0.5, 0.6) is 5.75 Å². The number of hydrogen-bond donors (Lipinski definition) is 1. The van der Waals surface area contributed by atoms with Gasteiger partial charge in [0, 0.05) is 19.5 Å². The Balaban J connectivity index is 1.75. The predicted octanol–water partition coefficient (Wildman–Crippen LogP) is 4.07. The van der Waals surface area contributed by atoms with Crippen molar-refractivity contribution in [3.63, 3.8) is 0 Å². The summed E-state index contributed by atoms with van der Waals surface area (Å²) in [5.41, 5.74) is 2.66. The maximum atomic E-state index is 10.7. The maximum absolute atomic E-state index is 10.7. The number of benzene rings is 1. The lowest BCUT2D eigenvalue weighted by Crippen LogP contribution is -2.38. The molecule has 1 unspecified atom stereocenters. The molecule has 1 atom stereocenters. The normalized spacial score (nSPS) is 18.8. The van der Waals surface area contributed by atoms with Gasteiger partial charge >= 0.3 is 5.97 Å². The van der Waals surface area contributed by atoms with Crippen LogP contribution in [0.2, 0.25) is 0 Å². The lowest BCUT2D eigenvalue weighted by atomic mass is 9.93. The largest absolute Gasteiger partial charge is 0.492 e. The molecule has 1 heterocycles. The molecule has 1 aromatic carbocycles. The number of aryl methyl sites for hydroxylation is 1. The zero-order valence-corrected chi connectivity index (χ0v) is 15.3. The van der Waals surface area contributed by atoms with Crippen molar-refractivity contribution in [3.8, 4) is 5.75 Å². The van der Waals surface area contributed by atoms with Gasteiger partial charge in [0.25, 0.3) is 0 Å². The summed E-state index contributed by atoms with van der Waals surface area (Å²) in [5.74, 6) is 1.31. The fourth-order valence-electron chi connectivity index (χ4n) is 3.60. The molecule has 0 bridgehead atoms. The highest BCUT2D eigenvalue weighted by atomic mass is 16.5. The number of carboxylic acid groups (broad SMARTS) is 1. The molecule has 0 amide bonds. The highest BCUT2D eigenvalue weighted by molar-refractivity contribution is 5.66. The summed E-state index contributed by atoms with van der Waals surface area (Å²) in [4.78, 5) is 13.1. The van der Waals surface area contributed by atoms with E-state index in [0.29, 0.717) is 18.4 Å². The van der Waals surface area contributed by atoms with Gasteiger partial charge in [-0.25, -0.2) is 0 Å². The average Bonchev–Trinajstić information content (AvgIpc) is 2.53. The van der Waals surface area contributed by atoms with Crippen molar-refractivity contribution in [2.75, 3.05) is 26.2 Å². The zero-order chi connectivity index (χ0) is 17.5. The van der Waals surface area contributed by atoms with E-state index in [4.69, 9.17) is 9.84 Å². The Morgan fingerprint density at radius 3 is 2.88 bits per heavy atom. The van der Waals surface area contributed by atoms with Crippen molar-refractivity contribution in [2.24, 2.45) is 5.92 Å². The third-order valence-electron chi connectivity index (χ3n) is 4.91. The number of aliphatic carboxylic acids is 1. The molecule has 1 aliphatic rings. The quantitative estimate of drug-likeness (QED) is 0.779. The Morgan fingerprint density at radius 2 is 2.21 bits per heavy atom. The van der Waals surface area contributed by atoms with Gasteiger partial charge in [0.05, 0.1) is 0 Å². The highest BCUT2D eigenvalue weighted by Gasteiger charge is 2.20. The Hall–Kier alpha value is -1.55. The van der Waals surface area contributed by atoms with E-state index in [9.17, 15) is 4.79 Å². The van der Waals surface area contributed by atoms with Gasteiger partial charge in [0.15, 0.2) is 0 Å². The molecular formula is C20H31NO3. The first-order valence-corrected chi connectivity index (χ1v) is 9.13. The van der Waals surface area contributed by atoms with E-state index in [1.54, 1.807) is 0 Å². The lowest BCUT2D eigenvalue weighted by molar-refractivity contribution is -0.137. The van der Waals surface area contributed by atoms with Gasteiger partial charge in [-0.3, -0.25) is 9.69 Å². The molecule has 24 heavy (non-hydrogen) atoms. The number of rotatable bonds is 8. The third kappa shape index (κ3) is 5.82. The minimum absolute atomic E-state index is 0.288. The molecule has 0 aliphatic carbocycles. The molecule has 1 aromatic rings. The number of ether oxygens (including phenoxy) is 1. The van der Waals surface area contributed by atoms with Gasteiger partial charge in [-0.1, -0.05) is 19.9 Å². The van der Waals surface area contributed by atoms with Crippen LogP contribution < -0.4 is 4.74 Å². The Kier molecular flexibility index (Phi) is 7.10. The number of piperidine rings is 1. The van der Waals surface area contributed by atoms with E-state index in [1.165, 1.54) is 11.1 Å². The maximum Gasteiger partial charge on any atom is 0.303 e. The molecule has 2 rings (SSSR count). The summed E-state index contributed by atoms with van der Waals surface area (Å²) >= 11 is 0. The fraction of sp³-hybridized carbons (Fsp3) is 0.650. The molecule has 0 spiro atoms. The van der Waals surface area contributed by atoms with E-state index in [2.05, 4.69) is 43.9 Å². The topological polar surface area (TPSA) is 49.8 Å². The van der Waals surface area contributed by atoms with Gasteiger partial charge in [0.2, 0.25) is 0 Å². The van der Waals surface area contributed by atoms with Crippen LogP contribution in [0.25, 0.3) is 0 Å². The van der Waals surface area contributed by atoms with Crippen LogP contribution in [-0.4, -0.2) is 42.2 Å². The number of carboxylic acids is 1. The first kappa shape index (κ1) is 18.8. The smallest absolute Gasteiger partial charge is 0.303 e. The monoisotopic (exact) mass is 333 g/mol. The lowest BCUT2D eigenvalue weighted by Gasteiger charge is -2.32. The molecule has 134 valence electrons. The third-order valence-corrected chi connectivity index (χ3v) is 4.91. The standard InChI is InChI=1S/C20H31NO3/c1-15(2)19-8-7-18(13-16(19)3)24-12-11-21-10-4-5-17(14-21)6-9-20(22)23/h7-8,13,15,17H,4-6,9-12,14H2,1-3H3,(H,22,23). The molecule has 0 saturated carbocycles. The van der Waals surface area contributed by atoms with Crippen molar-refractivity contribution in [2.45, 2.75) is 52.4 Å². The van der Waals surface area contributed by atoms with E-state index in [-0.39, 0.29) is 6.42 Å². The SMILES string of the molecule is Cc1cc(OCCN2CCCC(CCC(=O)O)C2)ccc1C(C)C. The Morgan fingerprint density at radius 1 is 1.42 bits per heavy atom. The molecular weight excluding hydrogens is 302 g/mol. The summed E-state index contributed by atoms with van der Waals surface area (Å²) in [6, 6.07) is 6.35. The van der Waals surface area contributed by atoms with Crippen LogP contribution in [0.15, 0.2) is 18.2 Å². The van der Waals surface area contributed by atoms with Crippen LogP contribution in [0, 0.1) is 12.8 Å². The molecule has 1 fully saturated rings. The van der Waals surface area contributed by atoms with Gasteiger partial charge in [-0.05, 0) is 67.8 Å². The van der Waals surface area contributed by atoms with Crippen LogP contribution >= 0.6 is 0 Å². The summed E-state index contributed by atoms with van der Waals surface area (Å²) in [6.45, 7) is 10.3. The van der Waals surface area contributed by atoms with Crippen LogP contribution in [0.3, 0.4) is 0 Å². The minimum atomic E-state index is -0.685. The first-order valence-electron chi connectivity index (χ1n) is 9.13. The second-order valence-corrected chi connectivity index (χ2v) is 7.26. The highest BCUT2D eigenvalue weighted by Crippen LogP contribution is 2.24. The van der Waals surface area contributed by atoms with Crippen molar-refractivity contribution in [1.82, 2.24) is 4.90 Å². The molecule has 0 aromatic heterocycles. The predicted molar refractivity (Wildman–Crippen MR) is 96.8 cm³/mol. The molecule has 4 heteroatoms. The van der Waals surface area contributed by atoms with Crippen LogP contribution in [0.4, 0.5) is 0 Å². The first-order chi connectivity index (χ1) is 11.5. The van der Waals surface area contributed by atoms with Crippen molar-refractivity contribution < 1.29 is 14.6 Å². The fourth-order valence-corrected chi connectivity index (χ4v) is 3.60. The number of carbonyl (C=O) groups is 1. The van der Waals surface area contributed by atoms with E-state index in [1.807, 2.05) is 0 Å². The second kappa shape index (κ2) is 9.07. The van der Waals surface area contributed by atoms with E-state index in [0.717, 1.165) is 44.6 Å². The van der Waals surface area contributed by atoms with Gasteiger partial charge in [-0.15, -0.1) is 0 Å². The van der Waals surface area contributed by atoms with Gasteiger partial charge < -0.3 is 9.84 Å². The summed E-state index contributed by atoms with van der Waals surface area (Å²) < 4.78 is 5.92. The van der Waals surface area contributed by atoms with Crippen LogP contribution in [-0.2, 0) is 4.79 Å². The van der Waals surface area contributed by atoms with E-state index < -0.39 is 5.97 Å². The minimum Gasteiger partial charge on any atom is -0.492 e. The zero-order valence-electron chi connectivity index (χ0n) is 15.3. The van der Waals surface area contributed by atoms with E-state index >= 15 is 0 Å². The van der Waals surface area contributed by atoms with Gasteiger partial charge in [-0.2, -0.15) is 0 Å². The number of nitrogens with zero attached hydrogens (tertiary/aromatic N) is 1. The molecule has 1 saturated heterocycles. The van der Waals surface area contributed by atoms with Crippen molar-refractivity contribution in [1.29, 1.82) is 0 Å². The van der Waals surface area contributed by atoms with Gasteiger partial charge in [0.1, 0.15) is 12.4 Å². The van der Waals surface area contributed by atoms with Crippen molar-refractivity contribution >= 4 is 5.97 Å². The average molecular weight is 333 g/mol. The Labute approximate surface area is 145 Å². The number of hydrogen-bond acceptors (Lipinski definition) is 3. The molecule has 1 aliphatic heterocycles.